The Hall–Kier alpha value is -1.38. The van der Waals surface area contributed by atoms with E-state index in [-0.39, 0.29) is 6.10 Å². The number of halogens is 2. The van der Waals surface area contributed by atoms with E-state index in [0.717, 1.165) is 11.4 Å². The average Bonchev–Trinajstić information content (AvgIpc) is 2.40. The number of anilines is 1. The second-order valence-electron chi connectivity index (χ2n) is 4.24. The predicted octanol–water partition coefficient (Wildman–Crippen LogP) is 4.87. The second kappa shape index (κ2) is 6.69. The first kappa shape index (κ1) is 14.0. The molecule has 0 aliphatic carbocycles. The van der Waals surface area contributed by atoms with Gasteiger partial charge in [0.2, 0.25) is 0 Å². The Balaban J connectivity index is 1.86. The summed E-state index contributed by atoms with van der Waals surface area (Å²) in [5.74, 6) is 0.804. The molecule has 2 aromatic rings. The molecule has 2 nitrogen and oxygen atoms in total. The molecule has 1 N–H and O–H groups in total. The van der Waals surface area contributed by atoms with E-state index in [1.165, 1.54) is 0 Å². The summed E-state index contributed by atoms with van der Waals surface area (Å²) in [6.45, 7) is 2.67. The molecule has 0 amide bonds. The highest BCUT2D eigenvalue weighted by atomic mass is 35.5. The maximum Gasteiger partial charge on any atom is 0.119 e. The fraction of sp³-hybridized carbons (Fsp3) is 0.200. The van der Waals surface area contributed by atoms with E-state index < -0.39 is 0 Å². The number of ether oxygens (including phenoxy) is 1. The maximum absolute atomic E-state index is 6.07. The molecule has 0 saturated carbocycles. The van der Waals surface area contributed by atoms with Crippen LogP contribution in [-0.2, 0) is 0 Å². The summed E-state index contributed by atoms with van der Waals surface area (Å²) in [5.41, 5.74) is 0.913. The predicted molar refractivity (Wildman–Crippen MR) is 81.5 cm³/mol. The number of nitrogens with one attached hydrogen (secondary N) is 1. The first-order valence-electron chi connectivity index (χ1n) is 6.06. The zero-order chi connectivity index (χ0) is 13.7. The van der Waals surface area contributed by atoms with E-state index in [1.54, 1.807) is 0 Å². The summed E-state index contributed by atoms with van der Waals surface area (Å²) >= 11 is 11.9. The van der Waals surface area contributed by atoms with Crippen molar-refractivity contribution in [1.82, 2.24) is 0 Å². The zero-order valence-corrected chi connectivity index (χ0v) is 12.1. The van der Waals surface area contributed by atoms with Gasteiger partial charge >= 0.3 is 0 Å². The van der Waals surface area contributed by atoms with Crippen LogP contribution in [-0.4, -0.2) is 12.6 Å². The molecule has 2 rings (SSSR count). The van der Waals surface area contributed by atoms with Gasteiger partial charge in [-0.2, -0.15) is 0 Å². The van der Waals surface area contributed by atoms with Crippen molar-refractivity contribution in [3.05, 3.63) is 58.6 Å². The Morgan fingerprint density at radius 3 is 2.42 bits per heavy atom. The van der Waals surface area contributed by atoms with Crippen LogP contribution in [0.15, 0.2) is 48.5 Å². The molecule has 1 atom stereocenters. The van der Waals surface area contributed by atoms with E-state index in [2.05, 4.69) is 5.32 Å². The van der Waals surface area contributed by atoms with Crippen molar-refractivity contribution in [2.75, 3.05) is 11.9 Å². The monoisotopic (exact) mass is 295 g/mol. The van der Waals surface area contributed by atoms with E-state index in [4.69, 9.17) is 27.9 Å². The molecule has 0 aliphatic heterocycles. The second-order valence-corrected chi connectivity index (χ2v) is 5.09. The Bertz CT molecular complexity index is 528. The molecule has 0 aliphatic rings. The maximum atomic E-state index is 6.07. The average molecular weight is 296 g/mol. The lowest BCUT2D eigenvalue weighted by Crippen LogP contribution is -2.22. The highest BCUT2D eigenvalue weighted by Gasteiger charge is 2.05. The molecular weight excluding hydrogens is 281 g/mol. The van der Waals surface area contributed by atoms with Crippen LogP contribution in [0, 0.1) is 0 Å². The zero-order valence-electron chi connectivity index (χ0n) is 10.6. The third kappa shape index (κ3) is 4.34. The standard InChI is InChI=1S/C15H15Cl2NO/c1-11(19-13-8-6-12(16)7-9-13)10-18-15-5-3-2-4-14(15)17/h2-9,11,18H,10H2,1H3. The minimum atomic E-state index is 0.0254. The van der Waals surface area contributed by atoms with Crippen LogP contribution in [0.1, 0.15) is 6.92 Å². The van der Waals surface area contributed by atoms with Crippen LogP contribution in [0.2, 0.25) is 10.0 Å². The van der Waals surface area contributed by atoms with Crippen LogP contribution in [0.5, 0.6) is 5.75 Å². The fourth-order valence-corrected chi connectivity index (χ4v) is 1.97. The van der Waals surface area contributed by atoms with Crippen LogP contribution >= 0.6 is 23.2 Å². The number of hydrogen-bond acceptors (Lipinski definition) is 2. The molecule has 0 heterocycles. The Labute approximate surface area is 123 Å². The number of benzene rings is 2. The molecule has 4 heteroatoms. The van der Waals surface area contributed by atoms with Gasteiger partial charge in [-0.1, -0.05) is 35.3 Å². The fourth-order valence-electron chi connectivity index (χ4n) is 1.65. The van der Waals surface area contributed by atoms with Gasteiger partial charge in [-0.3, -0.25) is 0 Å². The Morgan fingerprint density at radius 1 is 1.05 bits per heavy atom. The Kier molecular flexibility index (Phi) is 4.94. The van der Waals surface area contributed by atoms with Gasteiger partial charge in [-0.25, -0.2) is 0 Å². The van der Waals surface area contributed by atoms with Crippen molar-refractivity contribution in [3.8, 4) is 5.75 Å². The largest absolute Gasteiger partial charge is 0.489 e. The number of para-hydroxylation sites is 1. The number of rotatable bonds is 5. The van der Waals surface area contributed by atoms with Crippen LogP contribution in [0.3, 0.4) is 0 Å². The molecule has 0 aromatic heterocycles. The minimum Gasteiger partial charge on any atom is -0.489 e. The molecule has 0 saturated heterocycles. The van der Waals surface area contributed by atoms with E-state index in [9.17, 15) is 0 Å². The molecule has 1 unspecified atom stereocenters. The van der Waals surface area contributed by atoms with Gasteiger partial charge in [0.25, 0.3) is 0 Å². The lowest BCUT2D eigenvalue weighted by Gasteiger charge is -2.16. The summed E-state index contributed by atoms with van der Waals surface area (Å²) in [7, 11) is 0. The smallest absolute Gasteiger partial charge is 0.119 e. The van der Waals surface area contributed by atoms with Gasteiger partial charge < -0.3 is 10.1 Å². The molecule has 0 radical (unpaired) electrons. The summed E-state index contributed by atoms with van der Waals surface area (Å²) < 4.78 is 5.77. The van der Waals surface area contributed by atoms with Gasteiger partial charge in [0.15, 0.2) is 0 Å². The van der Waals surface area contributed by atoms with Crippen molar-refractivity contribution in [1.29, 1.82) is 0 Å². The third-order valence-corrected chi connectivity index (χ3v) is 3.19. The van der Waals surface area contributed by atoms with E-state index >= 15 is 0 Å². The van der Waals surface area contributed by atoms with Crippen LogP contribution in [0.25, 0.3) is 0 Å². The summed E-state index contributed by atoms with van der Waals surface area (Å²) in [6, 6.07) is 15.0. The van der Waals surface area contributed by atoms with Gasteiger partial charge in [0.05, 0.1) is 17.3 Å². The molecule has 19 heavy (non-hydrogen) atoms. The lowest BCUT2D eigenvalue weighted by molar-refractivity contribution is 0.235. The molecule has 0 spiro atoms. The third-order valence-electron chi connectivity index (χ3n) is 2.60. The molecule has 100 valence electrons. The van der Waals surface area contributed by atoms with Gasteiger partial charge in [0.1, 0.15) is 11.9 Å². The summed E-state index contributed by atoms with van der Waals surface area (Å²) in [5, 5.41) is 4.67. The van der Waals surface area contributed by atoms with Crippen LogP contribution in [0.4, 0.5) is 5.69 Å². The molecule has 0 bridgehead atoms. The van der Waals surface area contributed by atoms with Crippen molar-refractivity contribution in [2.45, 2.75) is 13.0 Å². The quantitative estimate of drug-likeness (QED) is 0.849. The first-order valence-corrected chi connectivity index (χ1v) is 6.81. The SMILES string of the molecule is CC(CNc1ccccc1Cl)Oc1ccc(Cl)cc1. The lowest BCUT2D eigenvalue weighted by atomic mass is 10.3. The van der Waals surface area contributed by atoms with Crippen molar-refractivity contribution >= 4 is 28.9 Å². The van der Waals surface area contributed by atoms with Crippen LogP contribution < -0.4 is 10.1 Å². The Morgan fingerprint density at radius 2 is 1.74 bits per heavy atom. The van der Waals surface area contributed by atoms with Crippen molar-refractivity contribution in [2.24, 2.45) is 0 Å². The van der Waals surface area contributed by atoms with Crippen molar-refractivity contribution < 1.29 is 4.74 Å². The normalized spacial score (nSPS) is 11.9. The topological polar surface area (TPSA) is 21.3 Å². The summed E-state index contributed by atoms with van der Waals surface area (Å²) in [4.78, 5) is 0. The van der Waals surface area contributed by atoms with Crippen molar-refractivity contribution in [3.63, 3.8) is 0 Å². The highest BCUT2D eigenvalue weighted by molar-refractivity contribution is 6.33. The molecule has 0 fully saturated rings. The minimum absolute atomic E-state index is 0.0254. The van der Waals surface area contributed by atoms with E-state index in [1.807, 2.05) is 55.5 Å². The molecule has 2 aromatic carbocycles. The van der Waals surface area contributed by atoms with Gasteiger partial charge in [0, 0.05) is 5.02 Å². The highest BCUT2D eigenvalue weighted by Crippen LogP contribution is 2.21. The van der Waals surface area contributed by atoms with Gasteiger partial charge in [-0.05, 0) is 43.3 Å². The van der Waals surface area contributed by atoms with Gasteiger partial charge in [-0.15, -0.1) is 0 Å². The first-order chi connectivity index (χ1) is 9.15. The number of hydrogen-bond donors (Lipinski definition) is 1. The summed E-state index contributed by atoms with van der Waals surface area (Å²) in [6.07, 6.45) is 0.0254. The van der Waals surface area contributed by atoms with E-state index in [0.29, 0.717) is 16.6 Å². The molecular formula is C15H15Cl2NO.